The lowest BCUT2D eigenvalue weighted by molar-refractivity contribution is 0.00578. The second kappa shape index (κ2) is 7.31. The fourth-order valence-corrected chi connectivity index (χ4v) is 2.21. The molecule has 0 unspecified atom stereocenters. The highest BCUT2D eigenvalue weighted by atomic mass is 16.7. The second-order valence-electron chi connectivity index (χ2n) is 6.81. The number of methoxy groups -OCH3 is 1. The Morgan fingerprint density at radius 2 is 1.91 bits per heavy atom. The van der Waals surface area contributed by atoms with Crippen LogP contribution in [0.25, 0.3) is 0 Å². The van der Waals surface area contributed by atoms with E-state index in [2.05, 4.69) is 5.10 Å². The maximum Gasteiger partial charge on any atom is 0.498 e. The third-order valence-corrected chi connectivity index (χ3v) is 4.32. The van der Waals surface area contributed by atoms with E-state index in [0.717, 1.165) is 5.46 Å². The van der Waals surface area contributed by atoms with Gasteiger partial charge in [0.2, 0.25) is 0 Å². The van der Waals surface area contributed by atoms with Crippen LogP contribution in [-0.2, 0) is 25.3 Å². The van der Waals surface area contributed by atoms with Crippen molar-refractivity contribution in [2.24, 2.45) is 0 Å². The number of ether oxygens (including phenoxy) is 2. The molecule has 1 fully saturated rings. The average molecular weight is 326 g/mol. The predicted molar refractivity (Wildman–Crippen MR) is 86.6 cm³/mol. The fourth-order valence-electron chi connectivity index (χ4n) is 2.21. The molecule has 23 heavy (non-hydrogen) atoms. The molecule has 7 nitrogen and oxygen atoms in total. The summed E-state index contributed by atoms with van der Waals surface area (Å²) in [7, 11) is 1.17. The van der Waals surface area contributed by atoms with Crippen molar-refractivity contribution in [2.75, 3.05) is 26.9 Å². The lowest BCUT2D eigenvalue weighted by atomic mass is 9.82. The standard InChI is InChI=1S/C15H27BN2O5/c1-14(2)15(3,4)23-16(22-14)12-8-17-18(9-12)10-13(19)11-21-7-6-20-5/h8-9,13,19H,6-7,10-11H2,1-5H3/t13-/m0/s1. The van der Waals surface area contributed by atoms with Crippen molar-refractivity contribution in [3.8, 4) is 0 Å². The summed E-state index contributed by atoms with van der Waals surface area (Å²) in [6.45, 7) is 9.63. The lowest BCUT2D eigenvalue weighted by Gasteiger charge is -2.32. The molecule has 0 spiro atoms. The van der Waals surface area contributed by atoms with Crippen molar-refractivity contribution < 1.29 is 23.9 Å². The van der Waals surface area contributed by atoms with Gasteiger partial charge in [0.1, 0.15) is 0 Å². The maximum atomic E-state index is 9.95. The zero-order valence-corrected chi connectivity index (χ0v) is 14.6. The van der Waals surface area contributed by atoms with Crippen molar-refractivity contribution in [2.45, 2.75) is 51.5 Å². The number of rotatable bonds is 8. The molecule has 1 aliphatic rings. The summed E-state index contributed by atoms with van der Waals surface area (Å²) in [6, 6.07) is 0. The first-order valence-electron chi connectivity index (χ1n) is 7.88. The maximum absolute atomic E-state index is 9.95. The van der Waals surface area contributed by atoms with Gasteiger partial charge in [0.05, 0.1) is 43.7 Å². The van der Waals surface area contributed by atoms with Crippen LogP contribution in [-0.4, -0.2) is 66.2 Å². The molecule has 1 aromatic heterocycles. The molecule has 1 aromatic rings. The van der Waals surface area contributed by atoms with Crippen LogP contribution in [0.4, 0.5) is 0 Å². The molecule has 0 bridgehead atoms. The smallest absolute Gasteiger partial charge is 0.399 e. The minimum atomic E-state index is -0.627. The molecule has 2 heterocycles. The van der Waals surface area contributed by atoms with Crippen LogP contribution in [0.3, 0.4) is 0 Å². The molecule has 8 heteroatoms. The average Bonchev–Trinajstić information content (AvgIpc) is 2.98. The van der Waals surface area contributed by atoms with Crippen molar-refractivity contribution in [1.82, 2.24) is 9.78 Å². The Labute approximate surface area is 138 Å². The first-order valence-corrected chi connectivity index (χ1v) is 7.88. The summed E-state index contributed by atoms with van der Waals surface area (Å²) < 4.78 is 23.8. The largest absolute Gasteiger partial charge is 0.498 e. The lowest BCUT2D eigenvalue weighted by Crippen LogP contribution is -2.41. The molecular weight excluding hydrogens is 299 g/mol. The van der Waals surface area contributed by atoms with Gasteiger partial charge in [-0.3, -0.25) is 4.68 Å². The van der Waals surface area contributed by atoms with Gasteiger partial charge >= 0.3 is 7.12 Å². The van der Waals surface area contributed by atoms with E-state index in [-0.39, 0.29) is 17.8 Å². The van der Waals surface area contributed by atoms with Crippen LogP contribution < -0.4 is 5.46 Å². The first kappa shape index (κ1) is 18.4. The summed E-state index contributed by atoms with van der Waals surface area (Å²) in [5.41, 5.74) is 0.0827. The van der Waals surface area contributed by atoms with Gasteiger partial charge in [0.15, 0.2) is 0 Å². The molecule has 0 aromatic carbocycles. The van der Waals surface area contributed by atoms with Gasteiger partial charge in [0, 0.05) is 25.0 Å². The van der Waals surface area contributed by atoms with Gasteiger partial charge in [-0.05, 0) is 27.7 Å². The van der Waals surface area contributed by atoms with E-state index in [9.17, 15) is 5.11 Å². The number of hydrogen-bond acceptors (Lipinski definition) is 6. The Kier molecular flexibility index (Phi) is 5.86. The van der Waals surface area contributed by atoms with Crippen molar-refractivity contribution in [1.29, 1.82) is 0 Å². The Hall–Kier alpha value is -0.925. The summed E-state index contributed by atoms with van der Waals surface area (Å²) in [4.78, 5) is 0. The van der Waals surface area contributed by atoms with Crippen molar-refractivity contribution >= 4 is 12.6 Å². The zero-order valence-electron chi connectivity index (χ0n) is 14.6. The molecule has 1 aliphatic heterocycles. The molecule has 0 aliphatic carbocycles. The highest BCUT2D eigenvalue weighted by Crippen LogP contribution is 2.36. The Balaban J connectivity index is 1.87. The minimum Gasteiger partial charge on any atom is -0.399 e. The van der Waals surface area contributed by atoms with E-state index < -0.39 is 13.2 Å². The van der Waals surface area contributed by atoms with Gasteiger partial charge in [0.25, 0.3) is 0 Å². The fraction of sp³-hybridized carbons (Fsp3) is 0.800. The third kappa shape index (κ3) is 4.55. The van der Waals surface area contributed by atoms with Crippen LogP contribution in [0.15, 0.2) is 12.4 Å². The quantitative estimate of drug-likeness (QED) is 0.544. The number of aliphatic hydroxyl groups excluding tert-OH is 1. The summed E-state index contributed by atoms with van der Waals surface area (Å²) in [5, 5.41) is 14.2. The van der Waals surface area contributed by atoms with Gasteiger partial charge < -0.3 is 23.9 Å². The molecule has 1 N–H and O–H groups in total. The Morgan fingerprint density at radius 3 is 2.52 bits per heavy atom. The molecule has 2 rings (SSSR count). The summed E-state index contributed by atoms with van der Waals surface area (Å²) in [5.74, 6) is 0. The van der Waals surface area contributed by atoms with E-state index in [0.29, 0.717) is 19.8 Å². The SMILES string of the molecule is COCCOC[C@@H](O)Cn1cc(B2OC(C)(C)C(C)(C)O2)cn1. The third-order valence-electron chi connectivity index (χ3n) is 4.32. The van der Waals surface area contributed by atoms with E-state index in [4.69, 9.17) is 18.8 Å². The van der Waals surface area contributed by atoms with Crippen LogP contribution in [0.5, 0.6) is 0 Å². The van der Waals surface area contributed by atoms with E-state index in [1.807, 2.05) is 33.9 Å². The van der Waals surface area contributed by atoms with Crippen molar-refractivity contribution in [3.05, 3.63) is 12.4 Å². The molecule has 1 atom stereocenters. The number of nitrogens with zero attached hydrogens (tertiary/aromatic N) is 2. The van der Waals surface area contributed by atoms with E-state index in [1.54, 1.807) is 18.0 Å². The molecule has 0 saturated carbocycles. The zero-order chi connectivity index (χ0) is 17.1. The summed E-state index contributed by atoms with van der Waals surface area (Å²) in [6.07, 6.45) is 2.92. The summed E-state index contributed by atoms with van der Waals surface area (Å²) >= 11 is 0. The molecule has 1 saturated heterocycles. The highest BCUT2D eigenvalue weighted by molar-refractivity contribution is 6.61. The van der Waals surface area contributed by atoms with Gasteiger partial charge in [-0.2, -0.15) is 5.10 Å². The molecular formula is C15H27BN2O5. The highest BCUT2D eigenvalue weighted by Gasteiger charge is 2.52. The van der Waals surface area contributed by atoms with Crippen LogP contribution in [0.2, 0.25) is 0 Å². The monoisotopic (exact) mass is 326 g/mol. The Morgan fingerprint density at radius 1 is 1.26 bits per heavy atom. The van der Waals surface area contributed by atoms with Crippen LogP contribution in [0, 0.1) is 0 Å². The van der Waals surface area contributed by atoms with Crippen LogP contribution >= 0.6 is 0 Å². The minimum absolute atomic E-state index is 0.245. The second-order valence-corrected chi connectivity index (χ2v) is 6.81. The molecule has 130 valence electrons. The van der Waals surface area contributed by atoms with Gasteiger partial charge in [-0.1, -0.05) is 0 Å². The Bertz CT molecular complexity index is 490. The van der Waals surface area contributed by atoms with E-state index >= 15 is 0 Å². The topological polar surface area (TPSA) is 75.0 Å². The van der Waals surface area contributed by atoms with Gasteiger partial charge in [-0.15, -0.1) is 0 Å². The number of hydrogen-bond donors (Lipinski definition) is 1. The predicted octanol–water partition coefficient (Wildman–Crippen LogP) is 0.206. The first-order chi connectivity index (χ1) is 10.7. The molecule has 0 radical (unpaired) electrons. The van der Waals surface area contributed by atoms with Crippen LogP contribution in [0.1, 0.15) is 27.7 Å². The van der Waals surface area contributed by atoms with Gasteiger partial charge in [-0.25, -0.2) is 0 Å². The van der Waals surface area contributed by atoms with Crippen molar-refractivity contribution in [3.63, 3.8) is 0 Å². The number of aromatic nitrogens is 2. The molecule has 0 amide bonds. The van der Waals surface area contributed by atoms with E-state index in [1.165, 1.54) is 0 Å². The number of aliphatic hydroxyl groups is 1. The normalized spacial score (nSPS) is 20.9.